The van der Waals surface area contributed by atoms with Gasteiger partial charge in [0, 0.05) is 38.0 Å². The van der Waals surface area contributed by atoms with Gasteiger partial charge in [0.2, 0.25) is 0 Å². The van der Waals surface area contributed by atoms with Gasteiger partial charge in [-0.3, -0.25) is 9.59 Å². The number of carbonyl (C=O) groups excluding carboxylic acids is 2. The molecule has 1 fully saturated rings. The normalized spacial score (nSPS) is 15.7. The van der Waals surface area contributed by atoms with Crippen molar-refractivity contribution in [3.8, 4) is 0 Å². The molecular weight excluding hydrogens is 527 g/mol. The number of benzene rings is 2. The third kappa shape index (κ3) is 5.28. The number of amides is 1. The van der Waals surface area contributed by atoms with Crippen molar-refractivity contribution in [1.29, 1.82) is 0 Å². The van der Waals surface area contributed by atoms with E-state index in [2.05, 4.69) is 0 Å². The highest BCUT2D eigenvalue weighted by molar-refractivity contribution is 6.05. The summed E-state index contributed by atoms with van der Waals surface area (Å²) in [5.41, 5.74) is -0.114. The zero-order chi connectivity index (χ0) is 28.4. The summed E-state index contributed by atoms with van der Waals surface area (Å²) in [4.78, 5) is 43.5. The van der Waals surface area contributed by atoms with Gasteiger partial charge >= 0.3 is 12.1 Å². The molecule has 0 N–H and O–H groups in total. The summed E-state index contributed by atoms with van der Waals surface area (Å²) < 4.78 is 51.3. The van der Waals surface area contributed by atoms with Crippen molar-refractivity contribution < 1.29 is 32.2 Å². The minimum absolute atomic E-state index is 0.0401. The first-order chi connectivity index (χ1) is 19.2. The fraction of sp³-hybridized carbons (Fsp3) is 0.345. The van der Waals surface area contributed by atoms with Gasteiger partial charge in [0.1, 0.15) is 5.56 Å². The molecule has 0 saturated carbocycles. The zero-order valence-electron chi connectivity index (χ0n) is 21.9. The second kappa shape index (κ2) is 11.1. The number of alkyl halides is 3. The third-order valence-electron chi connectivity index (χ3n) is 7.05. The molecule has 2 aliphatic heterocycles. The number of halogens is 3. The summed E-state index contributed by atoms with van der Waals surface area (Å²) in [6.45, 7) is 3.62. The molecule has 5 rings (SSSR count). The first-order valence-electron chi connectivity index (χ1n) is 13.0. The Bertz CT molecular complexity index is 1520. The molecule has 40 heavy (non-hydrogen) atoms. The van der Waals surface area contributed by atoms with Crippen LogP contribution in [0.2, 0.25) is 0 Å². The van der Waals surface area contributed by atoms with Crippen molar-refractivity contribution in [2.75, 3.05) is 44.3 Å². The maximum Gasteiger partial charge on any atom is 0.416 e. The quantitative estimate of drug-likeness (QED) is 0.425. The second-order valence-electron chi connectivity index (χ2n) is 9.53. The molecule has 0 bridgehead atoms. The van der Waals surface area contributed by atoms with Crippen LogP contribution in [0.3, 0.4) is 0 Å². The first-order valence-corrected chi connectivity index (χ1v) is 13.0. The molecule has 210 valence electrons. The van der Waals surface area contributed by atoms with Crippen molar-refractivity contribution in [2.24, 2.45) is 0 Å². The van der Waals surface area contributed by atoms with Crippen LogP contribution in [0, 0.1) is 0 Å². The van der Waals surface area contributed by atoms with Crippen LogP contribution in [0.15, 0.2) is 65.2 Å². The molecule has 8 nitrogen and oxygen atoms in total. The maximum absolute atomic E-state index is 13.9. The average molecular weight is 556 g/mol. The Morgan fingerprint density at radius 3 is 2.33 bits per heavy atom. The average Bonchev–Trinajstić information content (AvgIpc) is 3.49. The van der Waals surface area contributed by atoms with Crippen molar-refractivity contribution in [2.45, 2.75) is 26.1 Å². The Morgan fingerprint density at radius 1 is 1.00 bits per heavy atom. The van der Waals surface area contributed by atoms with E-state index in [9.17, 15) is 27.6 Å². The number of fused-ring (bicyclic) bond motifs is 1. The molecule has 11 heteroatoms. The lowest BCUT2D eigenvalue weighted by atomic mass is 10.0. The highest BCUT2D eigenvalue weighted by atomic mass is 19.4. The maximum atomic E-state index is 13.9. The summed E-state index contributed by atoms with van der Waals surface area (Å²) in [5, 5.41) is 0.624. The fourth-order valence-electron chi connectivity index (χ4n) is 5.10. The highest BCUT2D eigenvalue weighted by Gasteiger charge is 2.32. The number of hydrogen-bond acceptors (Lipinski definition) is 6. The molecule has 1 saturated heterocycles. The molecule has 0 radical (unpaired) electrons. The number of ether oxygens (including phenoxy) is 2. The third-order valence-corrected chi connectivity index (χ3v) is 7.05. The standard InChI is InChI=1S/C29H28F3N3O5/c1-2-39-28(38)24-25(33-13-15-34(16-14-33)26(36)23-8-5-17-40-23)21-6-3-4-7-22(21)35(27(24)37)18-19-9-11-20(12-10-19)29(30,31)32/h3-4,6-12H,2,5,13-18H2,1H3. The summed E-state index contributed by atoms with van der Waals surface area (Å²) >= 11 is 0. The lowest BCUT2D eigenvalue weighted by Crippen LogP contribution is -2.50. The number of pyridine rings is 1. The molecule has 3 heterocycles. The summed E-state index contributed by atoms with van der Waals surface area (Å²) in [7, 11) is 0. The topological polar surface area (TPSA) is 81.1 Å². The van der Waals surface area contributed by atoms with Gasteiger partial charge in [0.15, 0.2) is 5.76 Å². The van der Waals surface area contributed by atoms with Crippen LogP contribution in [0.25, 0.3) is 10.9 Å². The number of piperazine rings is 1. The lowest BCUT2D eigenvalue weighted by molar-refractivity contribution is -0.137. The van der Waals surface area contributed by atoms with Gasteiger partial charge < -0.3 is 23.8 Å². The predicted octanol–water partition coefficient (Wildman–Crippen LogP) is 4.20. The molecule has 0 spiro atoms. The molecule has 3 aromatic rings. The molecule has 0 unspecified atom stereocenters. The minimum Gasteiger partial charge on any atom is -0.488 e. The summed E-state index contributed by atoms with van der Waals surface area (Å²) in [6, 6.07) is 11.7. The molecule has 0 atom stereocenters. The van der Waals surface area contributed by atoms with Crippen LogP contribution < -0.4 is 10.5 Å². The highest BCUT2D eigenvalue weighted by Crippen LogP contribution is 2.32. The molecule has 0 aliphatic carbocycles. The van der Waals surface area contributed by atoms with E-state index in [0.29, 0.717) is 67.1 Å². The minimum atomic E-state index is -4.48. The number of anilines is 1. The van der Waals surface area contributed by atoms with E-state index >= 15 is 0 Å². The van der Waals surface area contributed by atoms with Gasteiger partial charge in [0.05, 0.1) is 36.5 Å². The number of para-hydroxylation sites is 1. The monoisotopic (exact) mass is 555 g/mol. The van der Waals surface area contributed by atoms with Gasteiger partial charge in [-0.2, -0.15) is 13.2 Å². The Kier molecular flexibility index (Phi) is 7.55. The largest absolute Gasteiger partial charge is 0.488 e. The van der Waals surface area contributed by atoms with E-state index in [1.54, 1.807) is 42.2 Å². The van der Waals surface area contributed by atoms with E-state index in [-0.39, 0.29) is 24.6 Å². The van der Waals surface area contributed by atoms with Crippen molar-refractivity contribution in [1.82, 2.24) is 9.47 Å². The van der Waals surface area contributed by atoms with Gasteiger partial charge in [-0.1, -0.05) is 30.3 Å². The van der Waals surface area contributed by atoms with Crippen LogP contribution in [0.4, 0.5) is 18.9 Å². The second-order valence-corrected chi connectivity index (χ2v) is 9.53. The number of aromatic nitrogens is 1. The van der Waals surface area contributed by atoms with Crippen molar-refractivity contribution in [3.63, 3.8) is 0 Å². The van der Waals surface area contributed by atoms with Crippen molar-refractivity contribution >= 4 is 28.5 Å². The lowest BCUT2D eigenvalue weighted by Gasteiger charge is -2.37. The Labute approximate surface area is 228 Å². The molecule has 1 amide bonds. The van der Waals surface area contributed by atoms with Gasteiger partial charge in [0.25, 0.3) is 11.5 Å². The number of esters is 1. The fourth-order valence-corrected chi connectivity index (χ4v) is 5.10. The van der Waals surface area contributed by atoms with Gasteiger partial charge in [-0.25, -0.2) is 4.79 Å². The number of nitrogens with zero attached hydrogens (tertiary/aromatic N) is 3. The van der Waals surface area contributed by atoms with E-state index < -0.39 is 23.3 Å². The Balaban J connectivity index is 1.54. The number of carbonyl (C=O) groups is 2. The molecular formula is C29H28F3N3O5. The van der Waals surface area contributed by atoms with E-state index in [1.165, 1.54) is 16.7 Å². The smallest absolute Gasteiger partial charge is 0.416 e. The van der Waals surface area contributed by atoms with Crippen LogP contribution in [0.1, 0.15) is 34.8 Å². The number of hydrogen-bond donors (Lipinski definition) is 0. The van der Waals surface area contributed by atoms with Gasteiger partial charge in [-0.05, 0) is 36.8 Å². The van der Waals surface area contributed by atoms with Crippen LogP contribution in [0.5, 0.6) is 0 Å². The van der Waals surface area contributed by atoms with E-state index in [1.807, 2.05) is 4.90 Å². The SMILES string of the molecule is CCOC(=O)c1c(N2CCN(C(=O)C3=CCCO3)CC2)c2ccccc2n(Cc2ccc(C(F)(F)F)cc2)c1=O. The number of rotatable bonds is 6. The Morgan fingerprint density at radius 2 is 1.70 bits per heavy atom. The zero-order valence-corrected chi connectivity index (χ0v) is 21.9. The molecule has 2 aliphatic rings. The van der Waals surface area contributed by atoms with Gasteiger partial charge in [-0.15, -0.1) is 0 Å². The van der Waals surface area contributed by atoms with Crippen LogP contribution in [-0.2, 0) is 27.0 Å². The summed E-state index contributed by atoms with van der Waals surface area (Å²) in [5.74, 6) is -0.617. The summed E-state index contributed by atoms with van der Waals surface area (Å²) in [6.07, 6.45) is -2.01. The van der Waals surface area contributed by atoms with E-state index in [4.69, 9.17) is 9.47 Å². The molecule has 1 aromatic heterocycles. The predicted molar refractivity (Wildman–Crippen MR) is 142 cm³/mol. The van der Waals surface area contributed by atoms with Crippen LogP contribution >= 0.6 is 0 Å². The Hall–Kier alpha value is -4.28. The van der Waals surface area contributed by atoms with E-state index in [0.717, 1.165) is 12.1 Å². The molecule has 2 aromatic carbocycles. The van der Waals surface area contributed by atoms with Crippen molar-refractivity contribution in [3.05, 3.63) is 87.4 Å². The van der Waals surface area contributed by atoms with Crippen LogP contribution in [-0.4, -0.2) is 60.7 Å². The first kappa shape index (κ1) is 27.3.